The van der Waals surface area contributed by atoms with Gasteiger partial charge in [-0.2, -0.15) is 17.5 Å². The molecule has 158 valence electrons. The normalized spacial score (nSPS) is 16.2. The summed E-state index contributed by atoms with van der Waals surface area (Å²) in [6.07, 6.45) is -4.32. The van der Waals surface area contributed by atoms with Gasteiger partial charge in [0.2, 0.25) is 10.0 Å². The average Bonchev–Trinajstić information content (AvgIpc) is 2.60. The minimum atomic E-state index is -4.60. The van der Waals surface area contributed by atoms with Crippen molar-refractivity contribution in [1.29, 1.82) is 0 Å². The highest BCUT2D eigenvalue weighted by molar-refractivity contribution is 7.89. The van der Waals surface area contributed by atoms with E-state index >= 15 is 0 Å². The monoisotopic (exact) mass is 462 g/mol. The summed E-state index contributed by atoms with van der Waals surface area (Å²) in [7, 11) is -4.07. The molecule has 1 aromatic carbocycles. The smallest absolute Gasteiger partial charge is 0.379 e. The third-order valence-electron chi connectivity index (χ3n) is 3.99. The number of benzene rings is 1. The molecule has 1 aliphatic heterocycles. The number of halogens is 5. The van der Waals surface area contributed by atoms with Gasteiger partial charge in [-0.1, -0.05) is 30.1 Å². The summed E-state index contributed by atoms with van der Waals surface area (Å²) < 4.78 is 70.4. The van der Waals surface area contributed by atoms with Crippen LogP contribution in [-0.2, 0) is 14.8 Å². The minimum Gasteiger partial charge on any atom is -0.379 e. The molecule has 1 aliphatic rings. The highest BCUT2D eigenvalue weighted by atomic mass is 35.5. The molecular weight excluding hydrogens is 444 g/mol. The topological polar surface area (TPSA) is 66.9 Å². The fourth-order valence-electron chi connectivity index (χ4n) is 2.73. The number of ether oxygens (including phenoxy) is 1. The second kappa shape index (κ2) is 9.17. The van der Waals surface area contributed by atoms with Crippen molar-refractivity contribution in [2.75, 3.05) is 39.4 Å². The highest BCUT2D eigenvalue weighted by Gasteiger charge is 2.35. The first-order valence-corrected chi connectivity index (χ1v) is 10.6. The lowest BCUT2D eigenvalue weighted by molar-refractivity contribution is -0.140. The number of hydrogen-bond donors (Lipinski definition) is 0. The van der Waals surface area contributed by atoms with Gasteiger partial charge < -0.3 is 9.64 Å². The van der Waals surface area contributed by atoms with Crippen molar-refractivity contribution in [3.8, 4) is 0 Å². The second-order valence-electron chi connectivity index (χ2n) is 6.12. The largest absolute Gasteiger partial charge is 0.406 e. The van der Waals surface area contributed by atoms with Crippen LogP contribution in [0.5, 0.6) is 0 Å². The molecule has 0 unspecified atom stereocenters. The first-order chi connectivity index (χ1) is 13.0. The predicted molar refractivity (Wildman–Crippen MR) is 98.3 cm³/mol. The molecule has 0 aliphatic carbocycles. The first-order valence-electron chi connectivity index (χ1n) is 8.40. The maximum atomic E-state index is 12.9. The fraction of sp³-hybridized carbons (Fsp3) is 0.562. The summed E-state index contributed by atoms with van der Waals surface area (Å²) in [4.78, 5) is 12.9. The van der Waals surface area contributed by atoms with E-state index in [1.54, 1.807) is 6.92 Å². The Morgan fingerprint density at radius 1 is 1.21 bits per heavy atom. The summed E-state index contributed by atoms with van der Waals surface area (Å²) in [6, 6.07) is 2.00. The van der Waals surface area contributed by atoms with E-state index in [4.69, 9.17) is 27.9 Å². The standard InChI is InChI=1S/C16H19Cl2F3N2O4S/c1-2-3-22(10-16(19,20)21)15(24)11-8-14(13(18)9-12(11)17)28(25,26)23-4-6-27-7-5-23/h8-9H,2-7,10H2,1H3. The Balaban J connectivity index is 2.45. The van der Waals surface area contributed by atoms with Crippen molar-refractivity contribution in [3.05, 3.63) is 27.7 Å². The number of sulfonamides is 1. The van der Waals surface area contributed by atoms with Gasteiger partial charge >= 0.3 is 6.18 Å². The molecule has 1 saturated heterocycles. The summed E-state index contributed by atoms with van der Waals surface area (Å²) in [5, 5.41) is -0.440. The molecule has 1 amide bonds. The van der Waals surface area contributed by atoms with Crippen LogP contribution in [0.1, 0.15) is 23.7 Å². The van der Waals surface area contributed by atoms with E-state index in [0.29, 0.717) is 4.90 Å². The maximum Gasteiger partial charge on any atom is 0.406 e. The second-order valence-corrected chi connectivity index (χ2v) is 8.84. The molecule has 0 bridgehead atoms. The molecule has 0 aromatic heterocycles. The molecular formula is C16H19Cl2F3N2O4S. The summed E-state index contributed by atoms with van der Waals surface area (Å²) in [6.45, 7) is 0.584. The quantitative estimate of drug-likeness (QED) is 0.649. The Bertz CT molecular complexity index is 828. The predicted octanol–water partition coefficient (Wildman–Crippen LogP) is 3.43. The molecule has 2 rings (SSSR count). The molecule has 1 heterocycles. The molecule has 0 radical (unpaired) electrons. The molecule has 0 atom stereocenters. The van der Waals surface area contributed by atoms with Gasteiger partial charge in [0.05, 0.1) is 28.8 Å². The van der Waals surface area contributed by atoms with Crippen molar-refractivity contribution in [2.24, 2.45) is 0 Å². The van der Waals surface area contributed by atoms with Gasteiger partial charge in [0.25, 0.3) is 5.91 Å². The Kier molecular flexibility index (Phi) is 7.60. The number of amides is 1. The number of carbonyl (C=O) groups excluding carboxylic acids is 1. The lowest BCUT2D eigenvalue weighted by Gasteiger charge is -2.27. The maximum absolute atomic E-state index is 12.9. The van der Waals surface area contributed by atoms with Crippen molar-refractivity contribution in [2.45, 2.75) is 24.4 Å². The first kappa shape index (κ1) is 23.2. The molecule has 6 nitrogen and oxygen atoms in total. The van der Waals surface area contributed by atoms with E-state index in [1.165, 1.54) is 0 Å². The zero-order valence-corrected chi connectivity index (χ0v) is 17.3. The van der Waals surface area contributed by atoms with Gasteiger partial charge in [-0.05, 0) is 18.6 Å². The van der Waals surface area contributed by atoms with E-state index in [2.05, 4.69) is 0 Å². The Labute approximate surface area is 171 Å². The lowest BCUT2D eigenvalue weighted by Crippen LogP contribution is -2.41. The SMILES string of the molecule is CCCN(CC(F)(F)F)C(=O)c1cc(S(=O)(=O)N2CCOCC2)c(Cl)cc1Cl. The van der Waals surface area contributed by atoms with Gasteiger partial charge in [-0.15, -0.1) is 0 Å². The summed E-state index contributed by atoms with van der Waals surface area (Å²) in [5.41, 5.74) is -0.351. The van der Waals surface area contributed by atoms with E-state index in [-0.39, 0.29) is 59.8 Å². The molecule has 28 heavy (non-hydrogen) atoms. The van der Waals surface area contributed by atoms with Crippen LogP contribution in [0, 0.1) is 0 Å². The Morgan fingerprint density at radius 2 is 1.82 bits per heavy atom. The number of carbonyl (C=O) groups is 1. The Hall–Kier alpha value is -1.07. The highest BCUT2D eigenvalue weighted by Crippen LogP contribution is 2.32. The Morgan fingerprint density at radius 3 is 2.36 bits per heavy atom. The van der Waals surface area contributed by atoms with Crippen molar-refractivity contribution < 1.29 is 31.1 Å². The van der Waals surface area contributed by atoms with Crippen LogP contribution >= 0.6 is 23.2 Å². The fourth-order valence-corrected chi connectivity index (χ4v) is 4.96. The third kappa shape index (κ3) is 5.50. The van der Waals surface area contributed by atoms with Crippen LogP contribution in [-0.4, -0.2) is 69.1 Å². The van der Waals surface area contributed by atoms with Gasteiger partial charge in [-0.25, -0.2) is 8.42 Å². The van der Waals surface area contributed by atoms with Crippen molar-refractivity contribution in [1.82, 2.24) is 9.21 Å². The van der Waals surface area contributed by atoms with E-state index in [0.717, 1.165) is 16.4 Å². The lowest BCUT2D eigenvalue weighted by atomic mass is 10.2. The molecule has 1 aromatic rings. The van der Waals surface area contributed by atoms with Crippen LogP contribution < -0.4 is 0 Å². The number of alkyl halides is 3. The molecule has 0 spiro atoms. The molecule has 0 N–H and O–H groups in total. The van der Waals surface area contributed by atoms with Gasteiger partial charge in [0, 0.05) is 19.6 Å². The molecule has 12 heteroatoms. The van der Waals surface area contributed by atoms with Gasteiger partial charge in [0.1, 0.15) is 11.4 Å². The molecule has 1 fully saturated rings. The van der Waals surface area contributed by atoms with Crippen LogP contribution in [0.15, 0.2) is 17.0 Å². The zero-order chi connectivity index (χ0) is 21.1. The van der Waals surface area contributed by atoms with Crippen LogP contribution in [0.25, 0.3) is 0 Å². The third-order valence-corrected chi connectivity index (χ3v) is 6.67. The number of rotatable bonds is 6. The zero-order valence-electron chi connectivity index (χ0n) is 14.9. The average molecular weight is 463 g/mol. The number of nitrogens with zero attached hydrogens (tertiary/aromatic N) is 2. The van der Waals surface area contributed by atoms with E-state index in [1.807, 2.05) is 0 Å². The molecule has 0 saturated carbocycles. The van der Waals surface area contributed by atoms with Crippen LogP contribution in [0.2, 0.25) is 10.0 Å². The van der Waals surface area contributed by atoms with Crippen molar-refractivity contribution >= 4 is 39.1 Å². The summed E-state index contributed by atoms with van der Waals surface area (Å²) >= 11 is 12.0. The van der Waals surface area contributed by atoms with Crippen LogP contribution in [0.4, 0.5) is 13.2 Å². The van der Waals surface area contributed by atoms with Gasteiger partial charge in [-0.3, -0.25) is 4.79 Å². The van der Waals surface area contributed by atoms with E-state index in [9.17, 15) is 26.4 Å². The van der Waals surface area contributed by atoms with Gasteiger partial charge in [0.15, 0.2) is 0 Å². The summed E-state index contributed by atoms with van der Waals surface area (Å²) in [5.74, 6) is -1.01. The number of morpholine rings is 1. The van der Waals surface area contributed by atoms with Crippen LogP contribution in [0.3, 0.4) is 0 Å². The van der Waals surface area contributed by atoms with Crippen molar-refractivity contribution in [3.63, 3.8) is 0 Å². The van der Waals surface area contributed by atoms with E-state index < -0.39 is 28.7 Å². The number of hydrogen-bond acceptors (Lipinski definition) is 4. The minimum absolute atomic E-state index is 0.0978.